The number of ether oxygens (including phenoxy) is 4. The molecule has 1 aromatic rings. The molecule has 27 heavy (non-hydrogen) atoms. The van der Waals surface area contributed by atoms with Gasteiger partial charge in [0.2, 0.25) is 11.7 Å². The molecule has 0 N–H and O–H groups in total. The van der Waals surface area contributed by atoms with Crippen LogP contribution in [0.4, 0.5) is 0 Å². The maximum Gasteiger partial charge on any atom is 0.310 e. The average Bonchev–Trinajstić information content (AvgIpc) is 2.71. The highest BCUT2D eigenvalue weighted by molar-refractivity contribution is 5.92. The smallest absolute Gasteiger partial charge is 0.310 e. The first-order valence-electron chi connectivity index (χ1n) is 8.97. The number of esters is 1. The number of amides is 1. The Hall–Kier alpha value is -2.70. The van der Waals surface area contributed by atoms with Gasteiger partial charge in [0.1, 0.15) is 0 Å². The van der Waals surface area contributed by atoms with Gasteiger partial charge in [-0.1, -0.05) is 0 Å². The van der Waals surface area contributed by atoms with Crippen molar-refractivity contribution in [3.05, 3.63) is 23.8 Å². The number of benzene rings is 1. The van der Waals surface area contributed by atoms with Crippen molar-refractivity contribution in [1.82, 2.24) is 4.90 Å². The minimum atomic E-state index is -0.253. The Morgan fingerprint density at radius 2 is 1.81 bits per heavy atom. The van der Waals surface area contributed by atoms with Crippen LogP contribution in [-0.4, -0.2) is 57.8 Å². The molecule has 0 unspecified atom stereocenters. The van der Waals surface area contributed by atoms with Gasteiger partial charge in [-0.2, -0.15) is 0 Å². The van der Waals surface area contributed by atoms with Crippen molar-refractivity contribution in [3.8, 4) is 17.2 Å². The number of nitrogens with zero attached hydrogens (tertiary/aromatic N) is 1. The van der Waals surface area contributed by atoms with Crippen molar-refractivity contribution in [2.24, 2.45) is 5.92 Å². The summed E-state index contributed by atoms with van der Waals surface area (Å²) < 4.78 is 21.0. The molecule has 1 fully saturated rings. The van der Waals surface area contributed by atoms with Gasteiger partial charge in [0.25, 0.3) is 0 Å². The zero-order chi connectivity index (χ0) is 19.8. The van der Waals surface area contributed by atoms with Gasteiger partial charge in [0, 0.05) is 19.2 Å². The van der Waals surface area contributed by atoms with E-state index in [9.17, 15) is 9.59 Å². The predicted molar refractivity (Wildman–Crippen MR) is 101 cm³/mol. The summed E-state index contributed by atoms with van der Waals surface area (Å²) in [6.45, 7) is 3.15. The van der Waals surface area contributed by atoms with Crippen LogP contribution in [0.25, 0.3) is 6.08 Å². The Kier molecular flexibility index (Phi) is 7.52. The van der Waals surface area contributed by atoms with Gasteiger partial charge in [0.15, 0.2) is 11.5 Å². The summed E-state index contributed by atoms with van der Waals surface area (Å²) in [5.74, 6) is 0.906. The van der Waals surface area contributed by atoms with Gasteiger partial charge < -0.3 is 23.8 Å². The van der Waals surface area contributed by atoms with Crippen molar-refractivity contribution in [1.29, 1.82) is 0 Å². The first kappa shape index (κ1) is 20.6. The molecule has 0 saturated carbocycles. The summed E-state index contributed by atoms with van der Waals surface area (Å²) in [5, 5.41) is 0. The molecule has 0 aromatic heterocycles. The van der Waals surface area contributed by atoms with Gasteiger partial charge in [-0.15, -0.1) is 0 Å². The standard InChI is InChI=1S/C20H27NO6/c1-5-27-20(23)15-7-6-10-21(13-15)18(22)9-8-14-11-16(24-2)19(26-4)17(12-14)25-3/h8-9,11-12,15H,5-7,10,13H2,1-4H3/b9-8-/t15-/m0/s1. The third-order valence-electron chi connectivity index (χ3n) is 4.46. The monoisotopic (exact) mass is 377 g/mol. The van der Waals surface area contributed by atoms with Crippen molar-refractivity contribution in [2.75, 3.05) is 41.0 Å². The van der Waals surface area contributed by atoms with E-state index in [4.69, 9.17) is 18.9 Å². The zero-order valence-corrected chi connectivity index (χ0v) is 16.3. The number of methoxy groups -OCH3 is 3. The summed E-state index contributed by atoms with van der Waals surface area (Å²) >= 11 is 0. The van der Waals surface area contributed by atoms with E-state index in [1.54, 1.807) is 44.3 Å². The molecule has 7 nitrogen and oxygen atoms in total. The van der Waals surface area contributed by atoms with E-state index in [0.717, 1.165) is 18.4 Å². The number of piperidine rings is 1. The minimum absolute atomic E-state index is 0.141. The van der Waals surface area contributed by atoms with Gasteiger partial charge in [-0.05, 0) is 43.5 Å². The Morgan fingerprint density at radius 3 is 2.37 bits per heavy atom. The van der Waals surface area contributed by atoms with E-state index in [1.807, 2.05) is 0 Å². The third kappa shape index (κ3) is 5.15. The maximum atomic E-state index is 12.5. The normalized spacial score (nSPS) is 16.9. The number of hydrogen-bond acceptors (Lipinski definition) is 6. The van der Waals surface area contributed by atoms with Crippen molar-refractivity contribution in [2.45, 2.75) is 19.8 Å². The lowest BCUT2D eigenvalue weighted by Crippen LogP contribution is -2.42. The molecule has 1 saturated heterocycles. The van der Waals surface area contributed by atoms with Crippen molar-refractivity contribution in [3.63, 3.8) is 0 Å². The molecule has 1 amide bonds. The van der Waals surface area contributed by atoms with Crippen LogP contribution in [0.15, 0.2) is 18.2 Å². The summed E-state index contributed by atoms with van der Waals surface area (Å²) in [4.78, 5) is 26.1. The fourth-order valence-electron chi connectivity index (χ4n) is 3.10. The largest absolute Gasteiger partial charge is 0.493 e. The van der Waals surface area contributed by atoms with Crippen LogP contribution >= 0.6 is 0 Å². The molecule has 1 heterocycles. The Balaban J connectivity index is 2.10. The summed E-state index contributed by atoms with van der Waals surface area (Å²) in [6.07, 6.45) is 4.72. The third-order valence-corrected chi connectivity index (χ3v) is 4.46. The van der Waals surface area contributed by atoms with Crippen LogP contribution in [0.3, 0.4) is 0 Å². The van der Waals surface area contributed by atoms with Gasteiger partial charge in [-0.25, -0.2) is 0 Å². The van der Waals surface area contributed by atoms with Gasteiger partial charge in [-0.3, -0.25) is 9.59 Å². The molecule has 0 spiro atoms. The molecule has 0 radical (unpaired) electrons. The minimum Gasteiger partial charge on any atom is -0.493 e. The topological polar surface area (TPSA) is 74.3 Å². The second-order valence-electron chi connectivity index (χ2n) is 6.17. The van der Waals surface area contributed by atoms with Crippen LogP contribution in [-0.2, 0) is 14.3 Å². The number of rotatable bonds is 7. The molecule has 2 rings (SSSR count). The molecule has 148 valence electrons. The number of hydrogen-bond donors (Lipinski definition) is 0. The highest BCUT2D eigenvalue weighted by Crippen LogP contribution is 2.38. The fourth-order valence-corrected chi connectivity index (χ4v) is 3.10. The molecule has 1 aliphatic heterocycles. The Bertz CT molecular complexity index is 675. The van der Waals surface area contributed by atoms with E-state index >= 15 is 0 Å². The van der Waals surface area contributed by atoms with Crippen LogP contribution in [0.1, 0.15) is 25.3 Å². The second-order valence-corrected chi connectivity index (χ2v) is 6.17. The summed E-state index contributed by atoms with van der Waals surface area (Å²) in [7, 11) is 4.62. The van der Waals surface area contributed by atoms with Gasteiger partial charge in [0.05, 0.1) is 33.9 Å². The molecule has 0 bridgehead atoms. The maximum absolute atomic E-state index is 12.5. The highest BCUT2D eigenvalue weighted by Gasteiger charge is 2.28. The lowest BCUT2D eigenvalue weighted by molar-refractivity contribution is -0.150. The number of likely N-dealkylation sites (tertiary alicyclic amines) is 1. The Labute approximate surface area is 159 Å². The highest BCUT2D eigenvalue weighted by atomic mass is 16.5. The molecule has 0 aliphatic carbocycles. The van der Waals surface area contributed by atoms with Crippen molar-refractivity contribution < 1.29 is 28.5 Å². The SMILES string of the molecule is CCOC(=O)[C@H]1CCCN(C(=O)/C=C\c2cc(OC)c(OC)c(OC)c2)C1. The molecule has 1 aliphatic rings. The zero-order valence-electron chi connectivity index (χ0n) is 16.3. The van der Waals surface area contributed by atoms with E-state index < -0.39 is 0 Å². The van der Waals surface area contributed by atoms with Crippen LogP contribution < -0.4 is 14.2 Å². The van der Waals surface area contributed by atoms with E-state index in [-0.39, 0.29) is 17.8 Å². The first-order chi connectivity index (χ1) is 13.0. The quantitative estimate of drug-likeness (QED) is 0.537. The first-order valence-corrected chi connectivity index (χ1v) is 8.97. The summed E-state index contributed by atoms with van der Waals surface area (Å²) in [5.41, 5.74) is 0.747. The number of carbonyl (C=O) groups is 2. The molecule has 7 heteroatoms. The number of carbonyl (C=O) groups excluding carboxylic acids is 2. The molecular weight excluding hydrogens is 350 g/mol. The van der Waals surface area contributed by atoms with Gasteiger partial charge >= 0.3 is 5.97 Å². The van der Waals surface area contributed by atoms with Crippen LogP contribution in [0.2, 0.25) is 0 Å². The lowest BCUT2D eigenvalue weighted by atomic mass is 9.98. The van der Waals surface area contributed by atoms with Crippen LogP contribution in [0.5, 0.6) is 17.2 Å². The Morgan fingerprint density at radius 1 is 1.15 bits per heavy atom. The average molecular weight is 377 g/mol. The molecule has 1 atom stereocenters. The van der Waals surface area contributed by atoms with Crippen molar-refractivity contribution >= 4 is 18.0 Å². The predicted octanol–water partition coefficient (Wildman–Crippen LogP) is 2.53. The molecule has 1 aromatic carbocycles. The van der Waals surface area contributed by atoms with Crippen LogP contribution in [0, 0.1) is 5.92 Å². The fraction of sp³-hybridized carbons (Fsp3) is 0.500. The van der Waals surface area contributed by atoms with E-state index in [1.165, 1.54) is 13.2 Å². The summed E-state index contributed by atoms with van der Waals surface area (Å²) in [6, 6.07) is 3.53. The van der Waals surface area contributed by atoms with E-state index in [2.05, 4.69) is 0 Å². The lowest BCUT2D eigenvalue weighted by Gasteiger charge is -2.30. The molecular formula is C20H27NO6. The second kappa shape index (κ2) is 9.85. The van der Waals surface area contributed by atoms with E-state index in [0.29, 0.717) is 36.9 Å².